The number of anilines is 1. The van der Waals surface area contributed by atoms with Gasteiger partial charge in [0, 0.05) is 25.9 Å². The second kappa shape index (κ2) is 5.91. The van der Waals surface area contributed by atoms with Crippen molar-refractivity contribution in [2.45, 2.75) is 18.5 Å². The molecule has 5 heteroatoms. The van der Waals surface area contributed by atoms with Gasteiger partial charge in [-0.25, -0.2) is 0 Å². The number of amidine groups is 1. The summed E-state index contributed by atoms with van der Waals surface area (Å²) in [5.74, 6) is 1.03. The van der Waals surface area contributed by atoms with Crippen LogP contribution < -0.4 is 16.0 Å². The van der Waals surface area contributed by atoms with Crippen molar-refractivity contribution in [2.24, 2.45) is 4.99 Å². The third-order valence-electron chi connectivity index (χ3n) is 4.06. The number of rotatable bonds is 3. The highest BCUT2D eigenvalue weighted by atomic mass is 16.5. The van der Waals surface area contributed by atoms with E-state index in [9.17, 15) is 0 Å². The Morgan fingerprint density at radius 1 is 1.35 bits per heavy atom. The number of aliphatic imine (C=N–C) groups is 1. The Morgan fingerprint density at radius 2 is 2.25 bits per heavy atom. The van der Waals surface area contributed by atoms with Gasteiger partial charge in [-0.1, -0.05) is 18.2 Å². The van der Waals surface area contributed by atoms with Gasteiger partial charge in [-0.2, -0.15) is 0 Å². The Labute approximate surface area is 119 Å². The Kier molecular flexibility index (Phi) is 4.00. The third kappa shape index (κ3) is 2.57. The topological polar surface area (TPSA) is 57.7 Å². The predicted molar refractivity (Wildman–Crippen MR) is 81.3 cm³/mol. The van der Waals surface area contributed by atoms with Crippen LogP contribution in [0, 0.1) is 0 Å². The summed E-state index contributed by atoms with van der Waals surface area (Å²) in [7, 11) is 1.71. The van der Waals surface area contributed by atoms with E-state index in [4.69, 9.17) is 9.73 Å². The van der Waals surface area contributed by atoms with Gasteiger partial charge in [-0.3, -0.25) is 10.3 Å². The zero-order chi connectivity index (χ0) is 13.8. The fourth-order valence-corrected chi connectivity index (χ4v) is 2.88. The van der Waals surface area contributed by atoms with Crippen molar-refractivity contribution >= 4 is 11.5 Å². The van der Waals surface area contributed by atoms with Crippen LogP contribution in [-0.2, 0) is 11.3 Å². The monoisotopic (exact) mass is 274 g/mol. The average Bonchev–Trinajstić information content (AvgIpc) is 2.89. The van der Waals surface area contributed by atoms with E-state index in [-0.39, 0.29) is 5.54 Å². The highest BCUT2D eigenvalue weighted by molar-refractivity contribution is 6.04. The van der Waals surface area contributed by atoms with Crippen LogP contribution in [-0.4, -0.2) is 44.7 Å². The van der Waals surface area contributed by atoms with Crippen molar-refractivity contribution < 1.29 is 4.74 Å². The third-order valence-corrected chi connectivity index (χ3v) is 4.06. The molecule has 20 heavy (non-hydrogen) atoms. The molecule has 2 aliphatic heterocycles. The van der Waals surface area contributed by atoms with Gasteiger partial charge in [0.2, 0.25) is 0 Å². The Hall–Kier alpha value is -1.43. The van der Waals surface area contributed by atoms with Gasteiger partial charge in [0.05, 0.1) is 18.7 Å². The number of nitrogens with one attached hydrogen (secondary N) is 3. The second-order valence-corrected chi connectivity index (χ2v) is 5.37. The molecule has 0 saturated carbocycles. The van der Waals surface area contributed by atoms with Crippen molar-refractivity contribution in [1.82, 2.24) is 10.6 Å². The Bertz CT molecular complexity index is 494. The molecule has 0 radical (unpaired) electrons. The molecule has 1 fully saturated rings. The first-order valence-electron chi connectivity index (χ1n) is 7.19. The zero-order valence-electron chi connectivity index (χ0n) is 11.9. The average molecular weight is 274 g/mol. The molecule has 108 valence electrons. The van der Waals surface area contributed by atoms with Crippen LogP contribution in [0.25, 0.3) is 0 Å². The molecule has 1 unspecified atom stereocenters. The number of methoxy groups -OCH3 is 1. The van der Waals surface area contributed by atoms with Crippen LogP contribution >= 0.6 is 0 Å². The van der Waals surface area contributed by atoms with E-state index in [0.29, 0.717) is 13.2 Å². The first-order chi connectivity index (χ1) is 9.84. The lowest BCUT2D eigenvalue weighted by Crippen LogP contribution is -2.54. The number of para-hydroxylation sites is 1. The number of hydrogen-bond acceptors (Lipinski definition) is 4. The summed E-state index contributed by atoms with van der Waals surface area (Å²) in [5, 5.41) is 10.7. The summed E-state index contributed by atoms with van der Waals surface area (Å²) in [4.78, 5) is 4.75. The number of nitrogens with zero attached hydrogens (tertiary/aromatic N) is 1. The van der Waals surface area contributed by atoms with Crippen molar-refractivity contribution in [3.63, 3.8) is 0 Å². The van der Waals surface area contributed by atoms with E-state index in [1.807, 2.05) is 0 Å². The van der Waals surface area contributed by atoms with E-state index in [2.05, 4.69) is 40.2 Å². The predicted octanol–water partition coefficient (Wildman–Crippen LogP) is 0.979. The number of benzene rings is 1. The lowest BCUT2D eigenvalue weighted by molar-refractivity contribution is 0.207. The van der Waals surface area contributed by atoms with Crippen molar-refractivity contribution in [3.8, 4) is 0 Å². The molecule has 0 aromatic heterocycles. The first kappa shape index (κ1) is 13.5. The maximum Gasteiger partial charge on any atom is 0.123 e. The van der Waals surface area contributed by atoms with Crippen LogP contribution in [0.15, 0.2) is 29.3 Å². The molecule has 5 nitrogen and oxygen atoms in total. The van der Waals surface area contributed by atoms with Crippen LogP contribution in [0.4, 0.5) is 5.69 Å². The summed E-state index contributed by atoms with van der Waals surface area (Å²) in [5.41, 5.74) is 2.36. The van der Waals surface area contributed by atoms with E-state index in [1.165, 1.54) is 5.56 Å². The van der Waals surface area contributed by atoms with Crippen LogP contribution in [0.3, 0.4) is 0 Å². The summed E-state index contributed by atoms with van der Waals surface area (Å²) in [6, 6.07) is 8.41. The first-order valence-corrected chi connectivity index (χ1v) is 7.19. The number of hydrogen-bond donors (Lipinski definition) is 3. The van der Waals surface area contributed by atoms with Gasteiger partial charge >= 0.3 is 0 Å². The normalized spacial score (nSPS) is 27.4. The van der Waals surface area contributed by atoms with Gasteiger partial charge in [0.25, 0.3) is 0 Å². The van der Waals surface area contributed by atoms with Crippen LogP contribution in [0.5, 0.6) is 0 Å². The molecule has 3 N–H and O–H groups in total. The fraction of sp³-hybridized carbons (Fsp3) is 0.533. The molecular formula is C15H22N4O. The van der Waals surface area contributed by atoms with Gasteiger partial charge < -0.3 is 15.4 Å². The minimum atomic E-state index is -0.0766. The molecule has 1 aromatic rings. The standard InChI is InChI=1S/C15H22N4O/c1-20-9-8-17-14-15(6-7-16-11-15)18-10-12-4-2-3-5-13(12)19-14/h2-5,16,18H,6-11H2,1H3,(H,17,19). The van der Waals surface area contributed by atoms with Gasteiger partial charge in [-0.15, -0.1) is 0 Å². The molecule has 1 saturated heterocycles. The van der Waals surface area contributed by atoms with Crippen LogP contribution in [0.2, 0.25) is 0 Å². The minimum Gasteiger partial charge on any atom is -0.383 e. The quantitative estimate of drug-likeness (QED) is 0.719. The Balaban J connectivity index is 1.90. The molecule has 0 amide bonds. The molecule has 0 aliphatic carbocycles. The molecule has 1 atom stereocenters. The van der Waals surface area contributed by atoms with Gasteiger partial charge in [-0.05, 0) is 24.6 Å². The Morgan fingerprint density at radius 3 is 3.05 bits per heavy atom. The van der Waals surface area contributed by atoms with E-state index < -0.39 is 0 Å². The van der Waals surface area contributed by atoms with Crippen molar-refractivity contribution in [1.29, 1.82) is 0 Å². The molecule has 1 spiro atoms. The largest absolute Gasteiger partial charge is 0.383 e. The molecular weight excluding hydrogens is 252 g/mol. The molecule has 2 aliphatic rings. The summed E-state index contributed by atoms with van der Waals surface area (Å²) < 4.78 is 5.11. The molecule has 0 bridgehead atoms. The number of ether oxygens (including phenoxy) is 1. The highest BCUT2D eigenvalue weighted by Gasteiger charge is 2.40. The lowest BCUT2D eigenvalue weighted by Gasteiger charge is -2.29. The van der Waals surface area contributed by atoms with Crippen LogP contribution in [0.1, 0.15) is 12.0 Å². The maximum atomic E-state index is 5.11. The molecule has 1 aromatic carbocycles. The molecule has 3 rings (SSSR count). The molecule has 2 heterocycles. The fourth-order valence-electron chi connectivity index (χ4n) is 2.88. The summed E-state index contributed by atoms with van der Waals surface area (Å²) in [6.07, 6.45) is 1.06. The van der Waals surface area contributed by atoms with Crippen molar-refractivity contribution in [3.05, 3.63) is 29.8 Å². The van der Waals surface area contributed by atoms with Gasteiger partial charge in [0.1, 0.15) is 5.84 Å². The van der Waals surface area contributed by atoms with E-state index in [1.54, 1.807) is 7.11 Å². The lowest BCUT2D eigenvalue weighted by atomic mass is 9.97. The van der Waals surface area contributed by atoms with Gasteiger partial charge in [0.15, 0.2) is 0 Å². The van der Waals surface area contributed by atoms with E-state index in [0.717, 1.165) is 37.6 Å². The van der Waals surface area contributed by atoms with Crippen molar-refractivity contribution in [2.75, 3.05) is 38.7 Å². The SMILES string of the molecule is COCCN=C1Nc2ccccc2CNC12CCNC2. The second-order valence-electron chi connectivity index (χ2n) is 5.37. The van der Waals surface area contributed by atoms with E-state index >= 15 is 0 Å². The number of fused-ring (bicyclic) bond motifs is 1. The highest BCUT2D eigenvalue weighted by Crippen LogP contribution is 2.26. The summed E-state index contributed by atoms with van der Waals surface area (Å²) in [6.45, 7) is 4.14. The maximum absolute atomic E-state index is 5.11. The smallest absolute Gasteiger partial charge is 0.123 e. The summed E-state index contributed by atoms with van der Waals surface area (Å²) >= 11 is 0. The minimum absolute atomic E-state index is 0.0766. The zero-order valence-corrected chi connectivity index (χ0v) is 11.9.